The first-order valence-corrected chi connectivity index (χ1v) is 8.22. The van der Waals surface area contributed by atoms with E-state index in [1.807, 2.05) is 38.1 Å². The summed E-state index contributed by atoms with van der Waals surface area (Å²) in [6.07, 6.45) is 2.54. The van der Waals surface area contributed by atoms with Crippen LogP contribution in [0.2, 0.25) is 0 Å². The molecule has 0 bridgehead atoms. The van der Waals surface area contributed by atoms with Crippen LogP contribution >= 0.6 is 22.6 Å². The van der Waals surface area contributed by atoms with Crippen LogP contribution in [-0.2, 0) is 0 Å². The van der Waals surface area contributed by atoms with Crippen LogP contribution in [0.4, 0.5) is 5.82 Å². The van der Waals surface area contributed by atoms with Crippen molar-refractivity contribution in [2.75, 3.05) is 5.73 Å². The summed E-state index contributed by atoms with van der Waals surface area (Å²) in [5.74, 6) is 2.63. The number of ether oxygens (including phenoxy) is 1. The Morgan fingerprint density at radius 1 is 1.29 bits per heavy atom. The van der Waals surface area contributed by atoms with E-state index in [0.29, 0.717) is 17.6 Å². The normalized spacial score (nSPS) is 14.5. The average molecular weight is 395 g/mol. The first kappa shape index (κ1) is 14.6. The number of rotatable bonds is 4. The Hall–Kier alpha value is -1.37. The lowest BCUT2D eigenvalue weighted by Gasteiger charge is -2.12. The smallest absolute Gasteiger partial charge is 0.161 e. The van der Waals surface area contributed by atoms with E-state index < -0.39 is 0 Å². The summed E-state index contributed by atoms with van der Waals surface area (Å²) in [6, 6.07) is 7.87. The highest BCUT2D eigenvalue weighted by atomic mass is 127. The molecule has 0 amide bonds. The standard InChI is InChI=1S/C16H18IN3O/c1-9(2)21-12-5-3-4-11(8-12)16-19-14(10-6-7-10)13(17)15(18)20-16/h3-5,8-10H,6-7H2,1-2H3,(H2,18,19,20). The molecule has 110 valence electrons. The lowest BCUT2D eigenvalue weighted by Crippen LogP contribution is -2.06. The van der Waals surface area contributed by atoms with Gasteiger partial charge in [0.25, 0.3) is 0 Å². The fraction of sp³-hybridized carbons (Fsp3) is 0.375. The zero-order valence-electron chi connectivity index (χ0n) is 12.1. The molecular formula is C16H18IN3O. The van der Waals surface area contributed by atoms with Crippen LogP contribution in [0.25, 0.3) is 11.4 Å². The van der Waals surface area contributed by atoms with Gasteiger partial charge >= 0.3 is 0 Å². The van der Waals surface area contributed by atoms with Gasteiger partial charge < -0.3 is 10.5 Å². The minimum absolute atomic E-state index is 0.144. The van der Waals surface area contributed by atoms with Crippen molar-refractivity contribution in [1.29, 1.82) is 0 Å². The molecule has 2 N–H and O–H groups in total. The number of halogens is 1. The van der Waals surface area contributed by atoms with Crippen LogP contribution in [0.15, 0.2) is 24.3 Å². The highest BCUT2D eigenvalue weighted by Crippen LogP contribution is 2.42. The maximum Gasteiger partial charge on any atom is 0.161 e. The third-order valence-electron chi connectivity index (χ3n) is 3.33. The molecule has 1 aliphatic rings. The third-order valence-corrected chi connectivity index (χ3v) is 4.44. The molecule has 3 rings (SSSR count). The van der Waals surface area contributed by atoms with E-state index in [9.17, 15) is 0 Å². The molecule has 0 unspecified atom stereocenters. The highest BCUT2D eigenvalue weighted by Gasteiger charge is 2.29. The first-order valence-electron chi connectivity index (χ1n) is 7.14. The van der Waals surface area contributed by atoms with Crippen LogP contribution < -0.4 is 10.5 Å². The van der Waals surface area contributed by atoms with Crippen molar-refractivity contribution < 1.29 is 4.74 Å². The van der Waals surface area contributed by atoms with Crippen molar-refractivity contribution in [2.45, 2.75) is 38.7 Å². The monoisotopic (exact) mass is 395 g/mol. The predicted octanol–water partition coefficient (Wildman–Crippen LogP) is 4.00. The van der Waals surface area contributed by atoms with Crippen LogP contribution in [0, 0.1) is 3.57 Å². The van der Waals surface area contributed by atoms with Gasteiger partial charge in [0, 0.05) is 11.5 Å². The second-order valence-electron chi connectivity index (χ2n) is 5.60. The minimum Gasteiger partial charge on any atom is -0.491 e. The quantitative estimate of drug-likeness (QED) is 0.796. The van der Waals surface area contributed by atoms with E-state index in [0.717, 1.165) is 20.6 Å². The molecule has 0 spiro atoms. The van der Waals surface area contributed by atoms with Gasteiger partial charge in [-0.2, -0.15) is 0 Å². The molecule has 4 nitrogen and oxygen atoms in total. The fourth-order valence-corrected chi connectivity index (χ4v) is 2.90. The largest absolute Gasteiger partial charge is 0.491 e. The molecule has 1 saturated carbocycles. The number of nitrogens with zero attached hydrogens (tertiary/aromatic N) is 2. The van der Waals surface area contributed by atoms with Gasteiger partial charge in [-0.05, 0) is 61.4 Å². The number of benzene rings is 1. The van der Waals surface area contributed by atoms with E-state index in [2.05, 4.69) is 27.6 Å². The molecule has 0 saturated heterocycles. The second-order valence-corrected chi connectivity index (χ2v) is 6.68. The van der Waals surface area contributed by atoms with Crippen LogP contribution in [0.3, 0.4) is 0 Å². The van der Waals surface area contributed by atoms with Crippen molar-refractivity contribution in [2.24, 2.45) is 0 Å². The third kappa shape index (κ3) is 3.28. The molecule has 0 aliphatic heterocycles. The maximum absolute atomic E-state index is 6.05. The molecule has 0 radical (unpaired) electrons. The Kier molecular flexibility index (Phi) is 4.01. The molecular weight excluding hydrogens is 377 g/mol. The van der Waals surface area contributed by atoms with E-state index in [1.54, 1.807) is 0 Å². The molecule has 1 fully saturated rings. The Bertz CT molecular complexity index is 669. The Morgan fingerprint density at radius 3 is 2.71 bits per heavy atom. The number of nitrogen functional groups attached to an aromatic ring is 1. The molecule has 5 heteroatoms. The molecule has 0 atom stereocenters. The van der Waals surface area contributed by atoms with Gasteiger partial charge in [0.1, 0.15) is 11.6 Å². The van der Waals surface area contributed by atoms with Gasteiger partial charge in [-0.25, -0.2) is 9.97 Å². The molecule has 1 aromatic carbocycles. The van der Waals surface area contributed by atoms with Gasteiger partial charge in [-0.3, -0.25) is 0 Å². The summed E-state index contributed by atoms with van der Waals surface area (Å²) in [6.45, 7) is 4.02. The van der Waals surface area contributed by atoms with Gasteiger partial charge in [-0.1, -0.05) is 12.1 Å². The second kappa shape index (κ2) is 5.79. The summed E-state index contributed by atoms with van der Waals surface area (Å²) >= 11 is 2.24. The van der Waals surface area contributed by atoms with Crippen molar-refractivity contribution >= 4 is 28.4 Å². The average Bonchev–Trinajstić information content (AvgIpc) is 3.25. The summed E-state index contributed by atoms with van der Waals surface area (Å²) in [5, 5.41) is 0. The van der Waals surface area contributed by atoms with Gasteiger partial charge in [0.15, 0.2) is 5.82 Å². The molecule has 2 aromatic rings. The summed E-state index contributed by atoms with van der Waals surface area (Å²) < 4.78 is 6.73. The molecule has 21 heavy (non-hydrogen) atoms. The Balaban J connectivity index is 2.00. The van der Waals surface area contributed by atoms with Crippen molar-refractivity contribution in [1.82, 2.24) is 9.97 Å². The topological polar surface area (TPSA) is 61.0 Å². The van der Waals surface area contributed by atoms with Crippen molar-refractivity contribution in [3.8, 4) is 17.1 Å². The molecule has 1 aromatic heterocycles. The van der Waals surface area contributed by atoms with E-state index in [1.165, 1.54) is 12.8 Å². The van der Waals surface area contributed by atoms with Gasteiger partial charge in [0.05, 0.1) is 15.4 Å². The Labute approximate surface area is 138 Å². The lowest BCUT2D eigenvalue weighted by molar-refractivity contribution is 0.242. The van der Waals surface area contributed by atoms with Gasteiger partial charge in [0.2, 0.25) is 0 Å². The number of hydrogen-bond acceptors (Lipinski definition) is 4. The van der Waals surface area contributed by atoms with E-state index >= 15 is 0 Å². The van der Waals surface area contributed by atoms with Crippen LogP contribution in [0.1, 0.15) is 38.3 Å². The first-order chi connectivity index (χ1) is 10.0. The highest BCUT2D eigenvalue weighted by molar-refractivity contribution is 14.1. The zero-order chi connectivity index (χ0) is 15.0. The SMILES string of the molecule is CC(C)Oc1cccc(-c2nc(N)c(I)c(C3CC3)n2)c1. The lowest BCUT2D eigenvalue weighted by atomic mass is 10.2. The van der Waals surface area contributed by atoms with E-state index in [-0.39, 0.29) is 6.10 Å². The van der Waals surface area contributed by atoms with Gasteiger partial charge in [-0.15, -0.1) is 0 Å². The summed E-state index contributed by atoms with van der Waals surface area (Å²) in [5.41, 5.74) is 8.09. The minimum atomic E-state index is 0.144. The van der Waals surface area contributed by atoms with Crippen LogP contribution in [-0.4, -0.2) is 16.1 Å². The molecule has 1 aliphatic carbocycles. The number of hydrogen-bond donors (Lipinski definition) is 1. The van der Waals surface area contributed by atoms with Crippen molar-refractivity contribution in [3.63, 3.8) is 0 Å². The summed E-state index contributed by atoms with van der Waals surface area (Å²) in [4.78, 5) is 9.17. The van der Waals surface area contributed by atoms with Crippen LogP contribution in [0.5, 0.6) is 5.75 Å². The zero-order valence-corrected chi connectivity index (χ0v) is 14.3. The fourth-order valence-electron chi connectivity index (χ4n) is 2.22. The summed E-state index contributed by atoms with van der Waals surface area (Å²) in [7, 11) is 0. The molecule has 1 heterocycles. The predicted molar refractivity (Wildman–Crippen MR) is 92.3 cm³/mol. The van der Waals surface area contributed by atoms with Crippen molar-refractivity contribution in [3.05, 3.63) is 33.5 Å². The van der Waals surface area contributed by atoms with E-state index in [4.69, 9.17) is 15.5 Å². The number of aromatic nitrogens is 2. The Morgan fingerprint density at radius 2 is 2.05 bits per heavy atom. The maximum atomic E-state index is 6.05. The number of nitrogens with two attached hydrogens (primary N) is 1. The number of anilines is 1.